The van der Waals surface area contributed by atoms with Crippen molar-refractivity contribution >= 4 is 40.9 Å². The number of benzene rings is 2. The van der Waals surface area contributed by atoms with Gasteiger partial charge in [-0.1, -0.05) is 54.1 Å². The number of rotatable bonds is 5. The van der Waals surface area contributed by atoms with Gasteiger partial charge in [-0.15, -0.1) is 0 Å². The Kier molecular flexibility index (Phi) is 6.19. The number of amides is 2. The molecule has 1 heterocycles. The van der Waals surface area contributed by atoms with Gasteiger partial charge in [0, 0.05) is 23.1 Å². The van der Waals surface area contributed by atoms with E-state index in [-0.39, 0.29) is 10.7 Å². The molecule has 0 radical (unpaired) electrons. The van der Waals surface area contributed by atoms with Crippen LogP contribution in [0.4, 0.5) is 11.4 Å². The van der Waals surface area contributed by atoms with Gasteiger partial charge < -0.3 is 10.6 Å². The number of hydrogen-bond acceptors (Lipinski definition) is 3. The van der Waals surface area contributed by atoms with E-state index in [9.17, 15) is 9.59 Å². The Balaban J connectivity index is 1.94. The van der Waals surface area contributed by atoms with Crippen molar-refractivity contribution in [2.24, 2.45) is 0 Å². The number of para-hydroxylation sites is 2. The van der Waals surface area contributed by atoms with Gasteiger partial charge in [-0.2, -0.15) is 0 Å². The first-order valence-electron chi connectivity index (χ1n) is 8.60. The summed E-state index contributed by atoms with van der Waals surface area (Å²) in [5, 5.41) is 5.72. The average molecular weight is 392 g/mol. The van der Waals surface area contributed by atoms with Gasteiger partial charge in [0.1, 0.15) is 10.7 Å². The predicted octanol–water partition coefficient (Wildman–Crippen LogP) is 4.70. The summed E-state index contributed by atoms with van der Waals surface area (Å²) in [6.45, 7) is 1.88. The van der Waals surface area contributed by atoms with E-state index in [1.54, 1.807) is 42.5 Å². The molecule has 0 aliphatic heterocycles. The van der Waals surface area contributed by atoms with Gasteiger partial charge in [-0.3, -0.25) is 9.59 Å². The van der Waals surface area contributed by atoms with Crippen LogP contribution in [0, 0.1) is 6.92 Å². The van der Waals surface area contributed by atoms with Crippen LogP contribution < -0.4 is 10.6 Å². The molecule has 2 N–H and O–H groups in total. The van der Waals surface area contributed by atoms with Crippen LogP contribution in [0.3, 0.4) is 0 Å². The third-order valence-electron chi connectivity index (χ3n) is 4.00. The molecule has 140 valence electrons. The summed E-state index contributed by atoms with van der Waals surface area (Å²) in [6.07, 6.45) is 2.97. The number of nitrogens with one attached hydrogen (secondary N) is 2. The fraction of sp³-hybridized carbons (Fsp3) is 0.0455. The number of nitrogens with zero attached hydrogens (tertiary/aromatic N) is 1. The number of anilines is 2. The largest absolute Gasteiger partial charge is 0.322 e. The van der Waals surface area contributed by atoms with Crippen molar-refractivity contribution in [1.82, 2.24) is 4.98 Å². The smallest absolute Gasteiger partial charge is 0.261 e. The third kappa shape index (κ3) is 4.84. The van der Waals surface area contributed by atoms with Gasteiger partial charge in [0.15, 0.2) is 0 Å². The molecule has 2 amide bonds. The zero-order chi connectivity index (χ0) is 19.9. The number of pyridine rings is 1. The maximum atomic E-state index is 12.9. The lowest BCUT2D eigenvalue weighted by Crippen LogP contribution is -2.25. The molecule has 6 heteroatoms. The van der Waals surface area contributed by atoms with Gasteiger partial charge in [-0.05, 0) is 42.8 Å². The lowest BCUT2D eigenvalue weighted by Gasteiger charge is -2.12. The standard InChI is InChI=1S/C22H18ClN3O2/c1-15-8-5-6-12-19(15)26-22(28)18(14-16-9-7-13-24-20(16)23)21(27)25-17-10-3-2-4-11-17/h2-14H,1H3,(H,25,27)(H,26,28)/b18-14+. The van der Waals surface area contributed by atoms with Gasteiger partial charge in [0.05, 0.1) is 0 Å². The Hall–Kier alpha value is -3.44. The fourth-order valence-electron chi connectivity index (χ4n) is 2.52. The summed E-state index contributed by atoms with van der Waals surface area (Å²) in [5.74, 6) is -1.08. The van der Waals surface area contributed by atoms with Crippen LogP contribution in [0.5, 0.6) is 0 Å². The molecule has 0 saturated heterocycles. The molecule has 0 aliphatic rings. The molecule has 0 aliphatic carbocycles. The number of aryl methyl sites for hydroxylation is 1. The second-order valence-electron chi connectivity index (χ2n) is 6.03. The van der Waals surface area contributed by atoms with Crippen molar-refractivity contribution in [2.75, 3.05) is 10.6 Å². The highest BCUT2D eigenvalue weighted by atomic mass is 35.5. The molecular formula is C22H18ClN3O2. The number of aromatic nitrogens is 1. The molecule has 5 nitrogen and oxygen atoms in total. The van der Waals surface area contributed by atoms with E-state index in [2.05, 4.69) is 15.6 Å². The van der Waals surface area contributed by atoms with E-state index in [4.69, 9.17) is 11.6 Å². The summed E-state index contributed by atoms with van der Waals surface area (Å²) >= 11 is 6.10. The summed E-state index contributed by atoms with van der Waals surface area (Å²) < 4.78 is 0. The van der Waals surface area contributed by atoms with Crippen molar-refractivity contribution in [1.29, 1.82) is 0 Å². The van der Waals surface area contributed by atoms with Crippen LogP contribution in [0.25, 0.3) is 6.08 Å². The number of hydrogen-bond donors (Lipinski definition) is 2. The Morgan fingerprint density at radius 2 is 1.57 bits per heavy atom. The zero-order valence-corrected chi connectivity index (χ0v) is 15.9. The van der Waals surface area contributed by atoms with E-state index < -0.39 is 11.8 Å². The van der Waals surface area contributed by atoms with Crippen molar-refractivity contribution in [2.45, 2.75) is 6.92 Å². The van der Waals surface area contributed by atoms with E-state index in [1.807, 2.05) is 31.2 Å². The van der Waals surface area contributed by atoms with Gasteiger partial charge in [-0.25, -0.2) is 4.98 Å². The van der Waals surface area contributed by atoms with Gasteiger partial charge in [0.2, 0.25) is 0 Å². The van der Waals surface area contributed by atoms with E-state index in [1.165, 1.54) is 12.3 Å². The molecule has 0 saturated carbocycles. The number of halogens is 1. The second-order valence-corrected chi connectivity index (χ2v) is 6.39. The lowest BCUT2D eigenvalue weighted by atomic mass is 10.1. The minimum atomic E-state index is -0.544. The maximum Gasteiger partial charge on any atom is 0.261 e. The summed E-state index contributed by atoms with van der Waals surface area (Å²) in [7, 11) is 0. The van der Waals surface area contributed by atoms with Crippen LogP contribution in [0.2, 0.25) is 5.15 Å². The Morgan fingerprint density at radius 3 is 2.29 bits per heavy atom. The van der Waals surface area contributed by atoms with E-state index >= 15 is 0 Å². The van der Waals surface area contributed by atoms with Crippen LogP contribution in [-0.2, 0) is 9.59 Å². The lowest BCUT2D eigenvalue weighted by molar-refractivity contribution is -0.118. The molecule has 0 spiro atoms. The van der Waals surface area contributed by atoms with Crippen LogP contribution >= 0.6 is 11.6 Å². The first kappa shape index (κ1) is 19.3. The highest BCUT2D eigenvalue weighted by Gasteiger charge is 2.20. The molecule has 0 unspecified atom stereocenters. The first-order chi connectivity index (χ1) is 13.5. The summed E-state index contributed by atoms with van der Waals surface area (Å²) in [5.41, 5.74) is 2.49. The van der Waals surface area contributed by atoms with Crippen LogP contribution in [0.15, 0.2) is 78.5 Å². The molecule has 1 aromatic heterocycles. The van der Waals surface area contributed by atoms with Crippen molar-refractivity contribution in [3.63, 3.8) is 0 Å². The Labute approximate surface area is 168 Å². The van der Waals surface area contributed by atoms with Crippen LogP contribution in [-0.4, -0.2) is 16.8 Å². The van der Waals surface area contributed by atoms with E-state index in [0.717, 1.165) is 5.56 Å². The fourth-order valence-corrected chi connectivity index (χ4v) is 2.69. The van der Waals surface area contributed by atoms with Gasteiger partial charge >= 0.3 is 0 Å². The Morgan fingerprint density at radius 1 is 0.893 bits per heavy atom. The monoisotopic (exact) mass is 391 g/mol. The highest BCUT2D eigenvalue weighted by molar-refractivity contribution is 6.32. The third-order valence-corrected chi connectivity index (χ3v) is 4.32. The maximum absolute atomic E-state index is 12.9. The molecular weight excluding hydrogens is 374 g/mol. The van der Waals surface area contributed by atoms with Crippen molar-refractivity contribution in [3.8, 4) is 0 Å². The minimum absolute atomic E-state index is 0.0815. The quantitative estimate of drug-likeness (QED) is 0.286. The Bertz CT molecular complexity index is 1030. The molecule has 28 heavy (non-hydrogen) atoms. The molecule has 0 atom stereocenters. The normalized spacial score (nSPS) is 11.0. The average Bonchev–Trinajstić information content (AvgIpc) is 2.69. The van der Waals surface area contributed by atoms with Gasteiger partial charge in [0.25, 0.3) is 11.8 Å². The van der Waals surface area contributed by atoms with E-state index in [0.29, 0.717) is 16.9 Å². The molecule has 0 bridgehead atoms. The van der Waals surface area contributed by atoms with Crippen molar-refractivity contribution in [3.05, 3.63) is 94.8 Å². The van der Waals surface area contributed by atoms with Crippen molar-refractivity contribution < 1.29 is 9.59 Å². The SMILES string of the molecule is Cc1ccccc1NC(=O)/C(=C/c1cccnc1Cl)C(=O)Nc1ccccc1. The molecule has 0 fully saturated rings. The zero-order valence-electron chi connectivity index (χ0n) is 15.1. The predicted molar refractivity (Wildman–Crippen MR) is 112 cm³/mol. The second kappa shape index (κ2) is 8.97. The topological polar surface area (TPSA) is 71.1 Å². The number of carbonyl (C=O) groups is 2. The molecule has 3 rings (SSSR count). The highest BCUT2D eigenvalue weighted by Crippen LogP contribution is 2.19. The summed E-state index contributed by atoms with van der Waals surface area (Å²) in [6, 6.07) is 19.6. The molecule has 3 aromatic rings. The first-order valence-corrected chi connectivity index (χ1v) is 8.98. The number of carbonyl (C=O) groups excluding carboxylic acids is 2. The van der Waals surface area contributed by atoms with Crippen LogP contribution in [0.1, 0.15) is 11.1 Å². The molecule has 2 aromatic carbocycles. The minimum Gasteiger partial charge on any atom is -0.322 e. The summed E-state index contributed by atoms with van der Waals surface area (Å²) in [4.78, 5) is 29.7.